The molecule has 1 unspecified atom stereocenters. The molecular weight excluding hydrogens is 186 g/mol. The van der Waals surface area contributed by atoms with Gasteiger partial charge in [-0.1, -0.05) is 19.6 Å². The van der Waals surface area contributed by atoms with E-state index < -0.39 is 8.07 Å². The molecule has 0 radical (unpaired) electrons. The first-order valence-electron chi connectivity index (χ1n) is 4.56. The minimum Gasteiger partial charge on any atom is -0.312 e. The molecule has 12 heavy (non-hydrogen) atoms. The van der Waals surface area contributed by atoms with Gasteiger partial charge >= 0.3 is 0 Å². The first kappa shape index (κ1) is 12.5. The molecule has 1 aliphatic heterocycles. The molecule has 1 atom stereocenters. The molecule has 0 aromatic carbocycles. The molecule has 0 aromatic heterocycles. The Balaban J connectivity index is 0.00000121. The summed E-state index contributed by atoms with van der Waals surface area (Å²) in [5.41, 5.74) is 1.39. The first-order valence-corrected chi connectivity index (χ1v) is 8.14. The molecule has 1 aliphatic rings. The topological polar surface area (TPSA) is 12.0 Å². The first-order chi connectivity index (χ1) is 4.81. The van der Waals surface area contributed by atoms with Gasteiger partial charge in [0.1, 0.15) is 0 Å². The Hall–Kier alpha value is 0.467. The van der Waals surface area contributed by atoms with Gasteiger partial charge in [-0.2, -0.15) is 0 Å². The van der Waals surface area contributed by atoms with Crippen molar-refractivity contribution in [2.75, 3.05) is 6.54 Å². The Labute approximate surface area is 83.7 Å². The van der Waals surface area contributed by atoms with E-state index in [9.17, 15) is 0 Å². The summed E-state index contributed by atoms with van der Waals surface area (Å²) in [6, 6.07) is 0. The van der Waals surface area contributed by atoms with Crippen molar-refractivity contribution in [3.8, 4) is 0 Å². The second kappa shape index (κ2) is 3.68. The summed E-state index contributed by atoms with van der Waals surface area (Å²) < 4.78 is 0. The average Bonchev–Trinajstić information content (AvgIpc) is 2.07. The van der Waals surface area contributed by atoms with E-state index in [0.717, 1.165) is 5.54 Å². The molecular formula is C9H22ClNSi. The summed E-state index contributed by atoms with van der Waals surface area (Å²) >= 11 is 0. The summed E-state index contributed by atoms with van der Waals surface area (Å²) in [6.45, 7) is 13.3. The lowest BCUT2D eigenvalue weighted by Crippen LogP contribution is -2.31. The molecule has 0 spiro atoms. The number of halogens is 1. The third-order valence-electron chi connectivity index (χ3n) is 2.81. The Bertz CT molecular complexity index is 151. The monoisotopic (exact) mass is 207 g/mol. The van der Waals surface area contributed by atoms with Gasteiger partial charge in [0.05, 0.1) is 0 Å². The van der Waals surface area contributed by atoms with Gasteiger partial charge in [0.25, 0.3) is 0 Å². The zero-order chi connectivity index (χ0) is 8.70. The Kier molecular flexibility index (Phi) is 3.83. The lowest BCUT2D eigenvalue weighted by atomic mass is 10.0. The van der Waals surface area contributed by atoms with Crippen LogP contribution in [0.1, 0.15) is 20.3 Å². The summed E-state index contributed by atoms with van der Waals surface area (Å²) in [4.78, 5) is 0. The molecule has 1 fully saturated rings. The number of hydrogen-bond acceptors (Lipinski definition) is 1. The second-order valence-electron chi connectivity index (χ2n) is 5.53. The molecule has 74 valence electrons. The van der Waals surface area contributed by atoms with Crippen molar-refractivity contribution in [1.29, 1.82) is 0 Å². The predicted octanol–water partition coefficient (Wildman–Crippen LogP) is 2.89. The summed E-state index contributed by atoms with van der Waals surface area (Å²) in [7, 11) is -0.875. The maximum absolute atomic E-state index is 3.59. The van der Waals surface area contributed by atoms with Crippen molar-refractivity contribution >= 4 is 20.5 Å². The lowest BCUT2D eigenvalue weighted by molar-refractivity contribution is 0.459. The summed E-state index contributed by atoms with van der Waals surface area (Å²) in [6.07, 6.45) is 1.38. The van der Waals surface area contributed by atoms with Gasteiger partial charge in [0.15, 0.2) is 0 Å². The molecule has 0 bridgehead atoms. The maximum Gasteiger partial charge on any atom is 0.0488 e. The second-order valence-corrected chi connectivity index (χ2v) is 11.1. The van der Waals surface area contributed by atoms with E-state index in [2.05, 4.69) is 38.8 Å². The van der Waals surface area contributed by atoms with Crippen molar-refractivity contribution < 1.29 is 0 Å². The van der Waals surface area contributed by atoms with E-state index >= 15 is 0 Å². The van der Waals surface area contributed by atoms with Crippen LogP contribution in [-0.2, 0) is 0 Å². The fourth-order valence-electron chi connectivity index (χ4n) is 1.77. The molecule has 0 aromatic rings. The van der Waals surface area contributed by atoms with Crippen molar-refractivity contribution in [2.24, 2.45) is 0 Å². The largest absolute Gasteiger partial charge is 0.312 e. The van der Waals surface area contributed by atoms with Crippen LogP contribution in [0.4, 0.5) is 0 Å². The molecule has 0 amide bonds. The van der Waals surface area contributed by atoms with Crippen molar-refractivity contribution in [2.45, 2.75) is 51.0 Å². The predicted molar refractivity (Wildman–Crippen MR) is 61.0 cm³/mol. The van der Waals surface area contributed by atoms with Gasteiger partial charge in [0, 0.05) is 13.6 Å². The smallest absolute Gasteiger partial charge is 0.0488 e. The van der Waals surface area contributed by atoms with E-state index in [1.165, 1.54) is 13.0 Å². The van der Waals surface area contributed by atoms with Crippen molar-refractivity contribution in [3.05, 3.63) is 0 Å². The van der Waals surface area contributed by atoms with Crippen LogP contribution in [-0.4, -0.2) is 20.2 Å². The van der Waals surface area contributed by atoms with Crippen LogP contribution in [0.15, 0.2) is 0 Å². The molecule has 1 rings (SSSR count). The molecule has 1 saturated heterocycles. The van der Waals surface area contributed by atoms with Gasteiger partial charge in [-0.15, -0.1) is 12.4 Å². The maximum atomic E-state index is 3.59. The minimum absolute atomic E-state index is 0. The highest BCUT2D eigenvalue weighted by molar-refractivity contribution is 6.77. The van der Waals surface area contributed by atoms with E-state index in [-0.39, 0.29) is 12.4 Å². The molecule has 1 N–H and O–H groups in total. The third kappa shape index (κ3) is 3.07. The number of hydrogen-bond donors (Lipinski definition) is 1. The zero-order valence-corrected chi connectivity index (χ0v) is 10.7. The standard InChI is InChI=1S/C9H21NSi.ClH/c1-9(2)6-8(7-10-9)11(3,4)5;/h8,10H,6-7H2,1-5H3;1H. The summed E-state index contributed by atoms with van der Waals surface area (Å²) in [5.74, 6) is 0. The van der Waals surface area contributed by atoms with Crippen LogP contribution in [0.25, 0.3) is 0 Å². The number of rotatable bonds is 1. The fourth-order valence-corrected chi connectivity index (χ4v) is 3.61. The molecule has 0 saturated carbocycles. The SMILES string of the molecule is CC1(C)CC([Si](C)(C)C)CN1.Cl. The highest BCUT2D eigenvalue weighted by Crippen LogP contribution is 2.35. The van der Waals surface area contributed by atoms with E-state index in [4.69, 9.17) is 0 Å². The van der Waals surface area contributed by atoms with Crippen LogP contribution >= 0.6 is 12.4 Å². The summed E-state index contributed by atoms with van der Waals surface area (Å²) in [5, 5.41) is 3.59. The average molecular weight is 208 g/mol. The molecule has 1 heterocycles. The van der Waals surface area contributed by atoms with E-state index in [0.29, 0.717) is 5.54 Å². The normalized spacial score (nSPS) is 28.2. The fraction of sp³-hybridized carbons (Fsp3) is 1.00. The van der Waals surface area contributed by atoms with Crippen LogP contribution in [0.2, 0.25) is 25.2 Å². The van der Waals surface area contributed by atoms with Crippen molar-refractivity contribution in [1.82, 2.24) is 5.32 Å². The van der Waals surface area contributed by atoms with E-state index in [1.807, 2.05) is 0 Å². The van der Waals surface area contributed by atoms with E-state index in [1.54, 1.807) is 0 Å². The van der Waals surface area contributed by atoms with Crippen LogP contribution in [0, 0.1) is 0 Å². The van der Waals surface area contributed by atoms with Crippen molar-refractivity contribution in [3.63, 3.8) is 0 Å². The Morgan fingerprint density at radius 2 is 1.75 bits per heavy atom. The zero-order valence-electron chi connectivity index (χ0n) is 8.90. The lowest BCUT2D eigenvalue weighted by Gasteiger charge is -2.25. The van der Waals surface area contributed by atoms with Crippen LogP contribution in [0.5, 0.6) is 0 Å². The van der Waals surface area contributed by atoms with Gasteiger partial charge < -0.3 is 5.32 Å². The van der Waals surface area contributed by atoms with Gasteiger partial charge in [-0.3, -0.25) is 0 Å². The third-order valence-corrected chi connectivity index (χ3v) is 5.67. The Morgan fingerprint density at radius 3 is 1.92 bits per heavy atom. The molecule has 0 aliphatic carbocycles. The van der Waals surface area contributed by atoms with Gasteiger partial charge in [-0.25, -0.2) is 0 Å². The van der Waals surface area contributed by atoms with Crippen LogP contribution in [0.3, 0.4) is 0 Å². The Morgan fingerprint density at radius 1 is 1.25 bits per heavy atom. The number of nitrogens with one attached hydrogen (secondary N) is 1. The van der Waals surface area contributed by atoms with Crippen LogP contribution < -0.4 is 5.32 Å². The quantitative estimate of drug-likeness (QED) is 0.653. The molecule has 1 nitrogen and oxygen atoms in total. The highest BCUT2D eigenvalue weighted by Gasteiger charge is 2.37. The molecule has 3 heteroatoms. The minimum atomic E-state index is -0.875. The highest BCUT2D eigenvalue weighted by atomic mass is 35.5. The van der Waals surface area contributed by atoms with Gasteiger partial charge in [-0.05, 0) is 32.4 Å². The van der Waals surface area contributed by atoms with Gasteiger partial charge in [0.2, 0.25) is 0 Å².